The van der Waals surface area contributed by atoms with Gasteiger partial charge in [-0.2, -0.15) is 0 Å². The molecule has 0 aromatic heterocycles. The maximum atomic E-state index is 12.2. The van der Waals surface area contributed by atoms with Crippen molar-refractivity contribution in [1.82, 2.24) is 15.1 Å². The van der Waals surface area contributed by atoms with E-state index >= 15 is 0 Å². The molecule has 0 bridgehead atoms. The minimum absolute atomic E-state index is 0.101. The first-order valence-corrected chi connectivity index (χ1v) is 8.69. The molecule has 2 aliphatic heterocycles. The van der Waals surface area contributed by atoms with Gasteiger partial charge in [-0.25, -0.2) is 4.99 Å². The lowest BCUT2D eigenvalue weighted by atomic mass is 9.95. The number of likely N-dealkylation sites (tertiary alicyclic amines) is 2. The summed E-state index contributed by atoms with van der Waals surface area (Å²) in [6, 6.07) is 0. The number of guanidine groups is 1. The monoisotopic (exact) mass is 323 g/mol. The molecule has 0 aromatic rings. The zero-order valence-electron chi connectivity index (χ0n) is 14.1. The van der Waals surface area contributed by atoms with E-state index in [1.165, 1.54) is 0 Å². The summed E-state index contributed by atoms with van der Waals surface area (Å²) < 4.78 is 0. The molecule has 2 heterocycles. The van der Waals surface area contributed by atoms with Crippen molar-refractivity contribution in [3.63, 3.8) is 0 Å². The van der Waals surface area contributed by atoms with E-state index in [9.17, 15) is 9.59 Å². The molecule has 0 spiro atoms. The summed E-state index contributed by atoms with van der Waals surface area (Å²) >= 11 is 0. The lowest BCUT2D eigenvalue weighted by Gasteiger charge is -2.34. The largest absolute Gasteiger partial charge is 0.370 e. The van der Waals surface area contributed by atoms with E-state index in [-0.39, 0.29) is 24.3 Å². The van der Waals surface area contributed by atoms with E-state index in [0.717, 1.165) is 64.4 Å². The Hall–Kier alpha value is -1.79. The lowest BCUT2D eigenvalue weighted by molar-refractivity contribution is -0.128. The number of carbonyl (C=O) groups is 2. The van der Waals surface area contributed by atoms with Crippen molar-refractivity contribution in [2.45, 2.75) is 39.0 Å². The van der Waals surface area contributed by atoms with Crippen molar-refractivity contribution in [2.75, 3.05) is 39.3 Å². The van der Waals surface area contributed by atoms with Crippen LogP contribution in [0.25, 0.3) is 0 Å². The number of nitrogens with one attached hydrogen (secondary N) is 1. The molecule has 130 valence electrons. The van der Waals surface area contributed by atoms with Crippen LogP contribution in [0.1, 0.15) is 39.0 Å². The second kappa shape index (κ2) is 8.74. The smallest absolute Gasteiger partial charge is 0.244 e. The van der Waals surface area contributed by atoms with Gasteiger partial charge < -0.3 is 20.9 Å². The van der Waals surface area contributed by atoms with Crippen LogP contribution in [0.3, 0.4) is 0 Å². The van der Waals surface area contributed by atoms with Gasteiger partial charge >= 0.3 is 0 Å². The highest BCUT2D eigenvalue weighted by Gasteiger charge is 2.24. The number of rotatable bonds is 5. The van der Waals surface area contributed by atoms with E-state index in [4.69, 9.17) is 5.73 Å². The highest BCUT2D eigenvalue weighted by atomic mass is 16.2. The van der Waals surface area contributed by atoms with E-state index in [1.54, 1.807) is 0 Å². The number of hydrogen-bond donors (Lipinski definition) is 2. The first-order valence-electron chi connectivity index (χ1n) is 8.69. The van der Waals surface area contributed by atoms with E-state index in [1.807, 2.05) is 11.8 Å². The van der Waals surface area contributed by atoms with Crippen LogP contribution >= 0.6 is 0 Å². The normalized spacial score (nSPS) is 22.3. The Morgan fingerprint density at radius 3 is 2.52 bits per heavy atom. The molecule has 7 heteroatoms. The summed E-state index contributed by atoms with van der Waals surface area (Å²) in [5.74, 6) is 0.903. The molecule has 0 saturated carbocycles. The molecule has 3 N–H and O–H groups in total. The fraction of sp³-hybridized carbons (Fsp3) is 0.812. The number of amides is 2. The van der Waals surface area contributed by atoms with Gasteiger partial charge in [0.25, 0.3) is 0 Å². The number of nitrogens with zero attached hydrogens (tertiary/aromatic N) is 3. The van der Waals surface area contributed by atoms with E-state index in [2.05, 4.69) is 15.2 Å². The Morgan fingerprint density at radius 1 is 1.17 bits per heavy atom. The molecular weight excluding hydrogens is 294 g/mol. The van der Waals surface area contributed by atoms with Crippen LogP contribution in [0.15, 0.2) is 4.99 Å². The molecule has 23 heavy (non-hydrogen) atoms. The molecule has 0 aromatic carbocycles. The van der Waals surface area contributed by atoms with Gasteiger partial charge in [0.1, 0.15) is 6.54 Å². The summed E-state index contributed by atoms with van der Waals surface area (Å²) in [7, 11) is 0. The van der Waals surface area contributed by atoms with Gasteiger partial charge in [-0.3, -0.25) is 9.59 Å². The maximum absolute atomic E-state index is 12.2. The summed E-state index contributed by atoms with van der Waals surface area (Å²) in [5.41, 5.74) is 5.32. The Balaban J connectivity index is 1.94. The summed E-state index contributed by atoms with van der Waals surface area (Å²) in [4.78, 5) is 31.9. The fourth-order valence-corrected chi connectivity index (χ4v) is 3.34. The number of hydrogen-bond acceptors (Lipinski definition) is 3. The van der Waals surface area contributed by atoms with Gasteiger partial charge in [0.2, 0.25) is 11.8 Å². The predicted octanol–water partition coefficient (Wildman–Crippen LogP) is 0.162. The SMILES string of the molecule is CCNC(=NCC(=O)N1CCCC1)N1CCCC(CC(N)=O)C1. The predicted molar refractivity (Wildman–Crippen MR) is 89.9 cm³/mol. The van der Waals surface area contributed by atoms with Gasteiger partial charge in [0, 0.05) is 39.1 Å². The van der Waals surface area contributed by atoms with Crippen molar-refractivity contribution in [3.8, 4) is 0 Å². The summed E-state index contributed by atoms with van der Waals surface area (Å²) in [6.45, 7) is 6.35. The van der Waals surface area contributed by atoms with Crippen molar-refractivity contribution in [2.24, 2.45) is 16.6 Å². The van der Waals surface area contributed by atoms with Crippen molar-refractivity contribution in [1.29, 1.82) is 0 Å². The number of aliphatic imine (C=N–C) groups is 1. The quantitative estimate of drug-likeness (QED) is 0.557. The molecule has 2 rings (SSSR count). The summed E-state index contributed by atoms with van der Waals surface area (Å²) in [5, 5.41) is 3.26. The number of nitrogens with two attached hydrogens (primary N) is 1. The van der Waals surface area contributed by atoms with Gasteiger partial charge in [0.05, 0.1) is 0 Å². The average Bonchev–Trinajstić information content (AvgIpc) is 3.05. The average molecular weight is 323 g/mol. The first-order chi connectivity index (χ1) is 11.1. The fourth-order valence-electron chi connectivity index (χ4n) is 3.34. The topological polar surface area (TPSA) is 91.0 Å². The third-order valence-corrected chi connectivity index (χ3v) is 4.47. The Bertz CT molecular complexity index is 446. The minimum Gasteiger partial charge on any atom is -0.370 e. The van der Waals surface area contributed by atoms with Crippen LogP contribution in [0, 0.1) is 5.92 Å². The Morgan fingerprint density at radius 2 is 1.87 bits per heavy atom. The molecule has 0 radical (unpaired) electrons. The van der Waals surface area contributed by atoms with Crippen molar-refractivity contribution >= 4 is 17.8 Å². The zero-order valence-corrected chi connectivity index (χ0v) is 14.1. The molecule has 2 saturated heterocycles. The first kappa shape index (κ1) is 17.6. The van der Waals surface area contributed by atoms with Gasteiger partial charge in [-0.1, -0.05) is 0 Å². The molecule has 0 aliphatic carbocycles. The molecule has 2 fully saturated rings. The van der Waals surface area contributed by atoms with E-state index in [0.29, 0.717) is 6.42 Å². The second-order valence-electron chi connectivity index (χ2n) is 6.38. The summed E-state index contributed by atoms with van der Waals surface area (Å²) in [6.07, 6.45) is 4.64. The van der Waals surface area contributed by atoms with Crippen LogP contribution in [0.2, 0.25) is 0 Å². The maximum Gasteiger partial charge on any atom is 0.244 e. The van der Waals surface area contributed by atoms with Gasteiger partial charge in [-0.05, 0) is 38.5 Å². The number of primary amides is 1. The number of carbonyl (C=O) groups excluding carboxylic acids is 2. The Kier molecular flexibility index (Phi) is 6.67. The van der Waals surface area contributed by atoms with Gasteiger partial charge in [-0.15, -0.1) is 0 Å². The van der Waals surface area contributed by atoms with Crippen molar-refractivity contribution in [3.05, 3.63) is 0 Å². The minimum atomic E-state index is -0.247. The third-order valence-electron chi connectivity index (χ3n) is 4.47. The van der Waals surface area contributed by atoms with Crippen LogP contribution in [0.4, 0.5) is 0 Å². The van der Waals surface area contributed by atoms with Crippen LogP contribution in [0.5, 0.6) is 0 Å². The van der Waals surface area contributed by atoms with Crippen LogP contribution in [-0.4, -0.2) is 66.8 Å². The van der Waals surface area contributed by atoms with Crippen molar-refractivity contribution < 1.29 is 9.59 Å². The highest BCUT2D eigenvalue weighted by molar-refractivity contribution is 5.85. The zero-order chi connectivity index (χ0) is 16.7. The molecule has 1 atom stereocenters. The Labute approximate surface area is 138 Å². The van der Waals surface area contributed by atoms with E-state index < -0.39 is 0 Å². The van der Waals surface area contributed by atoms with Crippen LogP contribution in [-0.2, 0) is 9.59 Å². The van der Waals surface area contributed by atoms with Crippen LogP contribution < -0.4 is 11.1 Å². The molecule has 2 aliphatic rings. The molecule has 7 nitrogen and oxygen atoms in total. The lowest BCUT2D eigenvalue weighted by Crippen LogP contribution is -2.47. The third kappa shape index (κ3) is 5.41. The molecular formula is C16H29N5O2. The standard InChI is InChI=1S/C16H29N5O2/c1-2-18-16(19-11-15(23)20-7-3-4-8-20)21-9-5-6-13(12-21)10-14(17)22/h13H,2-12H2,1H3,(H2,17,22)(H,18,19). The molecule has 2 amide bonds. The number of piperidine rings is 1. The highest BCUT2D eigenvalue weighted by Crippen LogP contribution is 2.19. The molecule has 1 unspecified atom stereocenters. The van der Waals surface area contributed by atoms with Gasteiger partial charge in [0.15, 0.2) is 5.96 Å². The second-order valence-corrected chi connectivity index (χ2v) is 6.38.